The summed E-state index contributed by atoms with van der Waals surface area (Å²) in [5.41, 5.74) is 0. The summed E-state index contributed by atoms with van der Waals surface area (Å²) in [6.45, 7) is 0. The highest BCUT2D eigenvalue weighted by atomic mass is 32.2. The van der Waals surface area contributed by atoms with Crippen LogP contribution in [0, 0.1) is 11.8 Å². The lowest BCUT2D eigenvalue weighted by Gasteiger charge is -2.38. The maximum Gasteiger partial charge on any atom is 0.150 e. The Morgan fingerprint density at radius 2 is 1.62 bits per heavy atom. The van der Waals surface area contributed by atoms with Crippen molar-refractivity contribution in [3.63, 3.8) is 0 Å². The molecular weight excluding hydrogens is 224 g/mol. The van der Waals surface area contributed by atoms with Crippen molar-refractivity contribution in [3.8, 4) is 0 Å². The number of hydrogen-bond donors (Lipinski definition) is 1. The van der Waals surface area contributed by atoms with Crippen molar-refractivity contribution in [2.45, 2.75) is 56.3 Å². The van der Waals surface area contributed by atoms with Crippen LogP contribution in [0.15, 0.2) is 0 Å². The Bertz CT molecular complexity index is 332. The van der Waals surface area contributed by atoms with Crippen molar-refractivity contribution in [2.24, 2.45) is 11.8 Å². The van der Waals surface area contributed by atoms with E-state index in [2.05, 4.69) is 0 Å². The minimum absolute atomic E-state index is 0.207. The van der Waals surface area contributed by atoms with Crippen LogP contribution in [0.5, 0.6) is 0 Å². The zero-order valence-corrected chi connectivity index (χ0v) is 10.7. The van der Waals surface area contributed by atoms with E-state index in [-0.39, 0.29) is 17.3 Å². The Balaban J connectivity index is 1.95. The smallest absolute Gasteiger partial charge is 0.150 e. The summed E-state index contributed by atoms with van der Waals surface area (Å²) in [4.78, 5) is 0. The number of rotatable bonds is 3. The summed E-state index contributed by atoms with van der Waals surface area (Å²) >= 11 is 0. The van der Waals surface area contributed by atoms with Crippen LogP contribution in [0.1, 0.15) is 44.9 Å². The molecule has 0 bridgehead atoms. The third-order valence-electron chi connectivity index (χ3n) is 4.39. The molecule has 3 unspecified atom stereocenters. The van der Waals surface area contributed by atoms with Gasteiger partial charge in [-0.05, 0) is 43.9 Å². The zero-order chi connectivity index (χ0) is 11.8. The molecule has 3 atom stereocenters. The van der Waals surface area contributed by atoms with Crippen LogP contribution >= 0.6 is 0 Å². The lowest BCUT2D eigenvalue weighted by atomic mass is 9.72. The molecule has 0 radical (unpaired) electrons. The third-order valence-corrected chi connectivity index (χ3v) is 6.03. The van der Waals surface area contributed by atoms with E-state index in [0.29, 0.717) is 12.3 Å². The molecule has 1 N–H and O–H groups in total. The standard InChI is InChI=1S/C12H22O3S/c1-16(14,15)11-7-3-6-10(8-11)12(13)9-4-2-5-9/h9-13H,2-8H2,1H3. The zero-order valence-electron chi connectivity index (χ0n) is 9.93. The molecule has 0 aliphatic heterocycles. The van der Waals surface area contributed by atoms with Gasteiger partial charge in [0, 0.05) is 6.26 Å². The highest BCUT2D eigenvalue weighted by molar-refractivity contribution is 7.91. The van der Waals surface area contributed by atoms with Crippen molar-refractivity contribution in [1.29, 1.82) is 0 Å². The van der Waals surface area contributed by atoms with Gasteiger partial charge in [-0.1, -0.05) is 12.8 Å². The SMILES string of the molecule is CS(=O)(=O)C1CCCC(C(O)C2CCC2)C1. The highest BCUT2D eigenvalue weighted by Crippen LogP contribution is 2.39. The van der Waals surface area contributed by atoms with E-state index in [4.69, 9.17) is 0 Å². The molecular formula is C12H22O3S. The quantitative estimate of drug-likeness (QED) is 0.825. The Labute approximate surface area is 98.2 Å². The Hall–Kier alpha value is -0.0900. The van der Waals surface area contributed by atoms with Gasteiger partial charge in [0.05, 0.1) is 11.4 Å². The maximum atomic E-state index is 11.5. The van der Waals surface area contributed by atoms with Crippen LogP contribution in [0.3, 0.4) is 0 Å². The van der Waals surface area contributed by atoms with E-state index in [0.717, 1.165) is 32.1 Å². The van der Waals surface area contributed by atoms with Gasteiger partial charge in [0.25, 0.3) is 0 Å². The normalized spacial score (nSPS) is 34.4. The largest absolute Gasteiger partial charge is 0.393 e. The second-order valence-electron chi connectivity index (χ2n) is 5.56. The van der Waals surface area contributed by atoms with Crippen LogP contribution in [0.4, 0.5) is 0 Å². The van der Waals surface area contributed by atoms with E-state index < -0.39 is 9.84 Å². The first kappa shape index (κ1) is 12.4. The Morgan fingerprint density at radius 1 is 1.06 bits per heavy atom. The van der Waals surface area contributed by atoms with Crippen molar-refractivity contribution >= 4 is 9.84 Å². The lowest BCUT2D eigenvalue weighted by Crippen LogP contribution is -2.38. The number of hydrogen-bond acceptors (Lipinski definition) is 3. The summed E-state index contributed by atoms with van der Waals surface area (Å²) in [5.74, 6) is 0.669. The molecule has 2 aliphatic carbocycles. The predicted octanol–water partition coefficient (Wildman–Crippen LogP) is 1.75. The molecule has 0 amide bonds. The van der Waals surface area contributed by atoms with Gasteiger partial charge in [0.15, 0.2) is 0 Å². The van der Waals surface area contributed by atoms with Crippen LogP contribution in [0.2, 0.25) is 0 Å². The fraction of sp³-hybridized carbons (Fsp3) is 1.00. The van der Waals surface area contributed by atoms with E-state index >= 15 is 0 Å². The minimum atomic E-state index is -2.92. The number of aliphatic hydroxyl groups excluding tert-OH is 1. The van der Waals surface area contributed by atoms with Gasteiger partial charge < -0.3 is 5.11 Å². The highest BCUT2D eigenvalue weighted by Gasteiger charge is 2.37. The summed E-state index contributed by atoms with van der Waals surface area (Å²) in [7, 11) is -2.92. The molecule has 0 saturated heterocycles. The van der Waals surface area contributed by atoms with E-state index in [1.165, 1.54) is 12.7 Å². The van der Waals surface area contributed by atoms with Gasteiger partial charge in [0.1, 0.15) is 9.84 Å². The van der Waals surface area contributed by atoms with Crippen molar-refractivity contribution in [2.75, 3.05) is 6.26 Å². The van der Waals surface area contributed by atoms with E-state index in [1.807, 2.05) is 0 Å². The van der Waals surface area contributed by atoms with Gasteiger partial charge in [-0.15, -0.1) is 0 Å². The van der Waals surface area contributed by atoms with Crippen molar-refractivity contribution in [3.05, 3.63) is 0 Å². The summed E-state index contributed by atoms with van der Waals surface area (Å²) < 4.78 is 23.1. The van der Waals surface area contributed by atoms with Gasteiger partial charge in [-0.2, -0.15) is 0 Å². The monoisotopic (exact) mass is 246 g/mol. The molecule has 4 heteroatoms. The Morgan fingerprint density at radius 3 is 2.12 bits per heavy atom. The molecule has 2 rings (SSSR count). The molecule has 2 saturated carbocycles. The predicted molar refractivity (Wildman–Crippen MR) is 63.9 cm³/mol. The van der Waals surface area contributed by atoms with E-state index in [1.54, 1.807) is 0 Å². The third kappa shape index (κ3) is 2.59. The molecule has 94 valence electrons. The average molecular weight is 246 g/mol. The van der Waals surface area contributed by atoms with Crippen LogP contribution in [-0.2, 0) is 9.84 Å². The first-order valence-electron chi connectivity index (χ1n) is 6.35. The molecule has 0 spiro atoms. The molecule has 0 aromatic rings. The second kappa shape index (κ2) is 4.65. The van der Waals surface area contributed by atoms with Crippen molar-refractivity contribution in [1.82, 2.24) is 0 Å². The molecule has 2 aliphatic rings. The summed E-state index contributed by atoms with van der Waals surface area (Å²) in [6, 6.07) is 0. The van der Waals surface area contributed by atoms with Gasteiger partial charge >= 0.3 is 0 Å². The fourth-order valence-corrected chi connectivity index (χ4v) is 4.24. The topological polar surface area (TPSA) is 54.4 Å². The summed E-state index contributed by atoms with van der Waals surface area (Å²) in [5, 5.41) is 9.97. The van der Waals surface area contributed by atoms with Crippen LogP contribution in [-0.4, -0.2) is 31.1 Å². The fourth-order valence-electron chi connectivity index (χ4n) is 3.05. The second-order valence-corrected chi connectivity index (χ2v) is 7.89. The van der Waals surface area contributed by atoms with Gasteiger partial charge in [0.2, 0.25) is 0 Å². The van der Waals surface area contributed by atoms with Gasteiger partial charge in [-0.3, -0.25) is 0 Å². The summed E-state index contributed by atoms with van der Waals surface area (Å²) in [6.07, 6.45) is 7.97. The van der Waals surface area contributed by atoms with E-state index in [9.17, 15) is 13.5 Å². The number of aliphatic hydroxyl groups is 1. The molecule has 0 aromatic heterocycles. The lowest BCUT2D eigenvalue weighted by molar-refractivity contribution is 0.00234. The maximum absolute atomic E-state index is 11.5. The Kier molecular flexibility index (Phi) is 3.59. The van der Waals surface area contributed by atoms with Gasteiger partial charge in [-0.25, -0.2) is 8.42 Å². The first-order chi connectivity index (χ1) is 7.48. The van der Waals surface area contributed by atoms with Crippen molar-refractivity contribution < 1.29 is 13.5 Å². The molecule has 2 fully saturated rings. The number of sulfone groups is 1. The molecule has 16 heavy (non-hydrogen) atoms. The molecule has 0 aromatic carbocycles. The molecule has 3 nitrogen and oxygen atoms in total. The first-order valence-corrected chi connectivity index (χ1v) is 8.31. The minimum Gasteiger partial charge on any atom is -0.393 e. The average Bonchev–Trinajstić information content (AvgIpc) is 2.14. The van der Waals surface area contributed by atoms with Crippen LogP contribution < -0.4 is 0 Å². The van der Waals surface area contributed by atoms with Crippen LogP contribution in [0.25, 0.3) is 0 Å². The molecule has 0 heterocycles.